The van der Waals surface area contributed by atoms with Crippen molar-refractivity contribution in [3.63, 3.8) is 0 Å². The quantitative estimate of drug-likeness (QED) is 0.393. The largest absolute Gasteiger partial charge is 0.493 e. The number of nitriles is 1. The number of aliphatic hydroxyl groups is 1. The number of aryl methyl sites for hydroxylation is 1. The summed E-state index contributed by atoms with van der Waals surface area (Å²) in [6.45, 7) is 2.51. The van der Waals surface area contributed by atoms with Crippen molar-refractivity contribution in [1.29, 1.82) is 5.26 Å². The van der Waals surface area contributed by atoms with Gasteiger partial charge in [0.1, 0.15) is 5.75 Å². The van der Waals surface area contributed by atoms with Crippen molar-refractivity contribution in [1.82, 2.24) is 5.32 Å². The first kappa shape index (κ1) is 27.7. The average Bonchev–Trinajstić information content (AvgIpc) is 3.53. The number of fused-ring (bicyclic) bond motifs is 2. The molecule has 5 rings (SSSR count). The monoisotopic (exact) mass is 545 g/mol. The van der Waals surface area contributed by atoms with E-state index in [9.17, 15) is 24.8 Å². The zero-order chi connectivity index (χ0) is 28.4. The van der Waals surface area contributed by atoms with E-state index in [-0.39, 0.29) is 42.2 Å². The van der Waals surface area contributed by atoms with Crippen molar-refractivity contribution in [3.8, 4) is 11.8 Å². The molecular formula is C31H35N3O6. The summed E-state index contributed by atoms with van der Waals surface area (Å²) in [4.78, 5) is 37.8. The highest BCUT2D eigenvalue weighted by Gasteiger charge is 2.67. The Morgan fingerprint density at radius 1 is 1.12 bits per heavy atom. The predicted molar refractivity (Wildman–Crippen MR) is 147 cm³/mol. The number of hydrogen-bond donors (Lipinski definition) is 4. The second kappa shape index (κ2) is 11.3. The van der Waals surface area contributed by atoms with Crippen molar-refractivity contribution in [2.75, 3.05) is 11.9 Å². The number of carboxylic acid groups (broad SMARTS) is 1. The molecule has 0 radical (unpaired) electrons. The molecule has 3 aliphatic rings. The lowest BCUT2D eigenvalue weighted by molar-refractivity contribution is -0.137. The molecule has 210 valence electrons. The summed E-state index contributed by atoms with van der Waals surface area (Å²) in [6, 6.07) is 12.6. The summed E-state index contributed by atoms with van der Waals surface area (Å²) in [6.07, 6.45) is 4.11. The van der Waals surface area contributed by atoms with Crippen LogP contribution in [0, 0.1) is 23.2 Å². The van der Waals surface area contributed by atoms with Crippen LogP contribution in [-0.4, -0.2) is 46.7 Å². The van der Waals surface area contributed by atoms with E-state index in [2.05, 4.69) is 16.7 Å². The van der Waals surface area contributed by atoms with Crippen LogP contribution in [0.4, 0.5) is 5.69 Å². The van der Waals surface area contributed by atoms with Crippen molar-refractivity contribution < 1.29 is 29.3 Å². The molecule has 2 aliphatic carbocycles. The molecule has 0 bridgehead atoms. The fraction of sp³-hybridized carbons (Fsp3) is 0.484. The lowest BCUT2D eigenvalue weighted by Crippen LogP contribution is -2.38. The standard InChI is InChI=1S/C31H35N3O6/c1-18-28(30(39)34-25-15-19(17-32)5-6-20(25)3-2-4-27(36)37)31(18)13-14-40-26-12-7-21(16-24(26)31)29(38)33-22-8-10-23(35)11-9-22/h5-7,12,15-16,18,22-23,28,35H,2-4,8-11,13-14H2,1H3,(H,33,38)(H,34,39)(H,36,37)/t18?,22-,23-,28?,31-/m0/s1. The van der Waals surface area contributed by atoms with Crippen LogP contribution in [0.5, 0.6) is 5.75 Å². The Kier molecular flexibility index (Phi) is 7.81. The minimum Gasteiger partial charge on any atom is -0.493 e. The van der Waals surface area contributed by atoms with Gasteiger partial charge >= 0.3 is 5.97 Å². The first-order valence-electron chi connectivity index (χ1n) is 14.0. The molecule has 1 spiro atoms. The number of carboxylic acids is 1. The Bertz CT molecular complexity index is 1360. The average molecular weight is 546 g/mol. The number of nitrogens with one attached hydrogen (secondary N) is 2. The number of benzene rings is 2. The third-order valence-electron chi connectivity index (χ3n) is 8.92. The maximum atomic E-state index is 13.7. The second-order valence-corrected chi connectivity index (χ2v) is 11.3. The van der Waals surface area contributed by atoms with E-state index in [4.69, 9.17) is 9.84 Å². The molecule has 0 aromatic heterocycles. The van der Waals surface area contributed by atoms with Crippen LogP contribution in [0.3, 0.4) is 0 Å². The van der Waals surface area contributed by atoms with Crippen molar-refractivity contribution in [3.05, 3.63) is 58.7 Å². The van der Waals surface area contributed by atoms with Crippen LogP contribution in [0.15, 0.2) is 36.4 Å². The number of amides is 2. The molecule has 9 heteroatoms. The number of aliphatic carboxylic acids is 1. The SMILES string of the molecule is CC1C(C(=O)Nc2cc(C#N)ccc2CCCC(=O)O)[C@@]12CCOc1ccc(C(=O)N[C@H]3CC[C@H](O)CC3)cc12. The number of rotatable bonds is 8. The zero-order valence-electron chi connectivity index (χ0n) is 22.6. The maximum Gasteiger partial charge on any atom is 0.303 e. The third-order valence-corrected chi connectivity index (χ3v) is 8.92. The van der Waals surface area contributed by atoms with E-state index in [0.717, 1.165) is 24.0 Å². The molecule has 1 aliphatic heterocycles. The van der Waals surface area contributed by atoms with Gasteiger partial charge in [-0.15, -0.1) is 0 Å². The van der Waals surface area contributed by atoms with Gasteiger partial charge in [0.2, 0.25) is 5.91 Å². The number of ether oxygens (including phenoxy) is 1. The highest BCUT2D eigenvalue weighted by Crippen LogP contribution is 2.65. The molecular weight excluding hydrogens is 510 g/mol. The summed E-state index contributed by atoms with van der Waals surface area (Å²) < 4.78 is 5.93. The molecule has 2 aromatic carbocycles. The minimum atomic E-state index is -0.878. The van der Waals surface area contributed by atoms with E-state index in [1.807, 2.05) is 19.1 Å². The molecule has 9 nitrogen and oxygen atoms in total. The lowest BCUT2D eigenvalue weighted by Gasteiger charge is -2.29. The van der Waals surface area contributed by atoms with Crippen molar-refractivity contribution >= 4 is 23.5 Å². The molecule has 0 saturated heterocycles. The number of nitrogens with zero attached hydrogens (tertiary/aromatic N) is 1. The summed E-state index contributed by atoms with van der Waals surface area (Å²) in [5.41, 5.74) is 2.66. The number of carbonyl (C=O) groups is 3. The van der Waals surface area contributed by atoms with Gasteiger partial charge in [0.05, 0.1) is 30.3 Å². The van der Waals surface area contributed by atoms with Gasteiger partial charge in [-0.25, -0.2) is 0 Å². The fourth-order valence-electron chi connectivity index (χ4n) is 6.62. The Morgan fingerprint density at radius 3 is 2.62 bits per heavy atom. The van der Waals surface area contributed by atoms with E-state index in [1.54, 1.807) is 24.3 Å². The second-order valence-electron chi connectivity index (χ2n) is 11.3. The van der Waals surface area contributed by atoms with Gasteiger partial charge in [-0.1, -0.05) is 13.0 Å². The highest BCUT2D eigenvalue weighted by atomic mass is 16.5. The Balaban J connectivity index is 1.35. The molecule has 2 aromatic rings. The minimum absolute atomic E-state index is 0.0166. The van der Waals surface area contributed by atoms with Gasteiger partial charge < -0.3 is 25.6 Å². The normalized spacial score (nSPS) is 26.6. The molecule has 40 heavy (non-hydrogen) atoms. The summed E-state index contributed by atoms with van der Waals surface area (Å²) in [5.74, 6) is -0.846. The molecule has 4 N–H and O–H groups in total. The number of carbonyl (C=O) groups excluding carboxylic acids is 2. The molecule has 3 atom stereocenters. The van der Waals surface area contributed by atoms with Gasteiger partial charge in [-0.3, -0.25) is 14.4 Å². The third kappa shape index (κ3) is 5.41. The Morgan fingerprint density at radius 2 is 1.90 bits per heavy atom. The van der Waals surface area contributed by atoms with Crippen LogP contribution >= 0.6 is 0 Å². The first-order chi connectivity index (χ1) is 19.2. The van der Waals surface area contributed by atoms with Crippen LogP contribution in [0.1, 0.15) is 78.9 Å². The topological polar surface area (TPSA) is 149 Å². The Hall–Kier alpha value is -3.90. The molecule has 2 unspecified atom stereocenters. The van der Waals surface area contributed by atoms with E-state index >= 15 is 0 Å². The lowest BCUT2D eigenvalue weighted by atomic mass is 9.84. The van der Waals surface area contributed by atoms with Crippen molar-refractivity contribution in [2.24, 2.45) is 11.8 Å². The van der Waals surface area contributed by atoms with Crippen LogP contribution in [-0.2, 0) is 21.4 Å². The number of aliphatic hydroxyl groups excluding tert-OH is 1. The zero-order valence-corrected chi connectivity index (χ0v) is 22.6. The van der Waals surface area contributed by atoms with Gasteiger partial charge in [-0.05, 0) is 86.8 Å². The van der Waals surface area contributed by atoms with E-state index in [0.29, 0.717) is 61.3 Å². The van der Waals surface area contributed by atoms with Gasteiger partial charge in [0.25, 0.3) is 5.91 Å². The molecule has 2 fully saturated rings. The summed E-state index contributed by atoms with van der Waals surface area (Å²) >= 11 is 0. The van der Waals surface area contributed by atoms with Gasteiger partial charge in [-0.2, -0.15) is 5.26 Å². The number of hydrogen-bond acceptors (Lipinski definition) is 6. The molecule has 2 amide bonds. The van der Waals surface area contributed by atoms with Crippen LogP contribution in [0.2, 0.25) is 0 Å². The van der Waals surface area contributed by atoms with Crippen LogP contribution < -0.4 is 15.4 Å². The Labute approximate surface area is 233 Å². The summed E-state index contributed by atoms with van der Waals surface area (Å²) in [5, 5.41) is 34.3. The highest BCUT2D eigenvalue weighted by molar-refractivity contribution is 5.98. The number of anilines is 1. The van der Waals surface area contributed by atoms with E-state index in [1.165, 1.54) is 0 Å². The first-order valence-corrected chi connectivity index (χ1v) is 14.0. The maximum absolute atomic E-state index is 13.7. The smallest absolute Gasteiger partial charge is 0.303 e. The van der Waals surface area contributed by atoms with Crippen LogP contribution in [0.25, 0.3) is 0 Å². The predicted octanol–water partition coefficient (Wildman–Crippen LogP) is 3.92. The summed E-state index contributed by atoms with van der Waals surface area (Å²) in [7, 11) is 0. The van der Waals surface area contributed by atoms with Gasteiger partial charge in [0, 0.05) is 34.7 Å². The molecule has 1 heterocycles. The molecule has 2 saturated carbocycles. The van der Waals surface area contributed by atoms with Crippen molar-refractivity contribution in [2.45, 2.75) is 75.9 Å². The van der Waals surface area contributed by atoms with E-state index < -0.39 is 11.4 Å². The van der Waals surface area contributed by atoms with Gasteiger partial charge in [0.15, 0.2) is 0 Å². The fourth-order valence-corrected chi connectivity index (χ4v) is 6.62.